The van der Waals surface area contributed by atoms with Crippen molar-refractivity contribution in [2.75, 3.05) is 23.4 Å². The van der Waals surface area contributed by atoms with E-state index in [9.17, 15) is 4.79 Å². The molecule has 1 aromatic heterocycles. The molecule has 1 saturated heterocycles. The van der Waals surface area contributed by atoms with Crippen molar-refractivity contribution in [3.8, 4) is 5.75 Å². The number of nitrogens with one attached hydrogen (secondary N) is 2. The number of benzene rings is 1. The molecule has 2 aromatic rings. The number of hydrogen-bond donors (Lipinski definition) is 2. The lowest BCUT2D eigenvalue weighted by atomic mass is 10.2. The molecule has 0 bridgehead atoms. The summed E-state index contributed by atoms with van der Waals surface area (Å²) in [6.45, 7) is 1.38. The first kappa shape index (κ1) is 22.6. The van der Waals surface area contributed by atoms with Gasteiger partial charge in [0.15, 0.2) is 0 Å². The van der Waals surface area contributed by atoms with Crippen molar-refractivity contribution in [1.29, 1.82) is 0 Å². The number of ether oxygens (including phenoxy) is 1. The highest BCUT2D eigenvalue weighted by molar-refractivity contribution is 7.99. The smallest absolute Gasteiger partial charge is 0.225 e. The van der Waals surface area contributed by atoms with Gasteiger partial charge in [-0.3, -0.25) is 9.78 Å². The summed E-state index contributed by atoms with van der Waals surface area (Å²) in [5, 5.41) is 6.32. The molecule has 0 spiro atoms. The SMILES string of the molecule is Cl.Cl.O=C(CC1CSCCN1)Nc1cccc(OCc2ccccn2)c1. The minimum absolute atomic E-state index is 0. The van der Waals surface area contributed by atoms with Crippen LogP contribution in [0.3, 0.4) is 0 Å². The fourth-order valence-corrected chi connectivity index (χ4v) is 3.44. The van der Waals surface area contributed by atoms with Crippen molar-refractivity contribution in [3.63, 3.8) is 0 Å². The molecule has 1 aromatic carbocycles. The highest BCUT2D eigenvalue weighted by Crippen LogP contribution is 2.19. The molecule has 3 rings (SSSR count). The van der Waals surface area contributed by atoms with Crippen LogP contribution in [0.1, 0.15) is 12.1 Å². The van der Waals surface area contributed by atoms with Gasteiger partial charge in [-0.25, -0.2) is 0 Å². The van der Waals surface area contributed by atoms with Crippen molar-refractivity contribution in [1.82, 2.24) is 10.3 Å². The predicted octanol–water partition coefficient (Wildman–Crippen LogP) is 3.54. The van der Waals surface area contributed by atoms with Gasteiger partial charge in [0.1, 0.15) is 12.4 Å². The zero-order valence-corrected chi connectivity index (χ0v) is 16.7. The van der Waals surface area contributed by atoms with E-state index in [-0.39, 0.29) is 36.8 Å². The van der Waals surface area contributed by atoms with E-state index in [1.165, 1.54) is 0 Å². The first-order chi connectivity index (χ1) is 11.8. The van der Waals surface area contributed by atoms with Crippen LogP contribution in [0, 0.1) is 0 Å². The summed E-state index contributed by atoms with van der Waals surface area (Å²) < 4.78 is 5.73. The summed E-state index contributed by atoms with van der Waals surface area (Å²) in [5.41, 5.74) is 1.62. The highest BCUT2D eigenvalue weighted by Gasteiger charge is 2.16. The van der Waals surface area contributed by atoms with Crippen molar-refractivity contribution < 1.29 is 9.53 Å². The van der Waals surface area contributed by atoms with Gasteiger partial charge >= 0.3 is 0 Å². The maximum Gasteiger partial charge on any atom is 0.225 e. The highest BCUT2D eigenvalue weighted by atomic mass is 35.5. The van der Waals surface area contributed by atoms with Crippen molar-refractivity contribution in [2.24, 2.45) is 0 Å². The maximum absolute atomic E-state index is 12.2. The first-order valence-corrected chi connectivity index (χ1v) is 9.19. The Morgan fingerprint density at radius 3 is 2.88 bits per heavy atom. The van der Waals surface area contributed by atoms with Gasteiger partial charge < -0.3 is 15.4 Å². The number of carbonyl (C=O) groups is 1. The number of amides is 1. The number of pyridine rings is 1. The summed E-state index contributed by atoms with van der Waals surface area (Å²) in [4.78, 5) is 16.4. The van der Waals surface area contributed by atoms with Crippen LogP contribution in [0.4, 0.5) is 5.69 Å². The zero-order chi connectivity index (χ0) is 16.6. The number of hydrogen-bond acceptors (Lipinski definition) is 5. The second kappa shape index (κ2) is 12.0. The Morgan fingerprint density at radius 2 is 2.15 bits per heavy atom. The molecule has 5 nitrogen and oxygen atoms in total. The standard InChI is InChI=1S/C18H21N3O2S.2ClH/c22-18(11-16-13-24-9-8-20-16)21-14-5-3-6-17(10-14)23-12-15-4-1-2-7-19-15;;/h1-7,10,16,20H,8-9,11-13H2,(H,21,22);2*1H. The van der Waals surface area contributed by atoms with Gasteiger partial charge in [-0.05, 0) is 24.3 Å². The van der Waals surface area contributed by atoms with E-state index < -0.39 is 0 Å². The number of carbonyl (C=O) groups excluding carboxylic acids is 1. The fraction of sp³-hybridized carbons (Fsp3) is 0.333. The molecule has 2 heterocycles. The molecular weight excluding hydrogens is 393 g/mol. The topological polar surface area (TPSA) is 63.2 Å². The molecule has 1 aliphatic rings. The fourth-order valence-electron chi connectivity index (χ4n) is 2.49. The van der Waals surface area contributed by atoms with E-state index in [0.717, 1.165) is 29.4 Å². The molecular formula is C18H23Cl2N3O2S. The quantitative estimate of drug-likeness (QED) is 0.755. The van der Waals surface area contributed by atoms with Gasteiger partial charge in [0, 0.05) is 48.5 Å². The van der Waals surface area contributed by atoms with Crippen LogP contribution in [0.25, 0.3) is 0 Å². The molecule has 1 unspecified atom stereocenters. The number of anilines is 1. The van der Waals surface area contributed by atoms with Crippen molar-refractivity contribution >= 4 is 48.2 Å². The minimum Gasteiger partial charge on any atom is -0.487 e. The van der Waals surface area contributed by atoms with Gasteiger partial charge in [0.25, 0.3) is 0 Å². The summed E-state index contributed by atoms with van der Waals surface area (Å²) >= 11 is 1.89. The summed E-state index contributed by atoms with van der Waals surface area (Å²) in [6, 6.07) is 13.4. The Kier molecular flexibility index (Phi) is 10.4. The average molecular weight is 416 g/mol. The average Bonchev–Trinajstić information content (AvgIpc) is 2.62. The third-order valence-corrected chi connectivity index (χ3v) is 4.79. The van der Waals surface area contributed by atoms with E-state index in [0.29, 0.717) is 18.8 Å². The summed E-state index contributed by atoms with van der Waals surface area (Å²) in [6.07, 6.45) is 2.24. The van der Waals surface area contributed by atoms with Crippen LogP contribution in [0.15, 0.2) is 48.7 Å². The van der Waals surface area contributed by atoms with Gasteiger partial charge in [-0.2, -0.15) is 11.8 Å². The third-order valence-electron chi connectivity index (χ3n) is 3.66. The monoisotopic (exact) mass is 415 g/mol. The van der Waals surface area contributed by atoms with Gasteiger partial charge in [0.2, 0.25) is 5.91 Å². The van der Waals surface area contributed by atoms with Gasteiger partial charge in [0.05, 0.1) is 5.69 Å². The van der Waals surface area contributed by atoms with E-state index in [1.807, 2.05) is 54.2 Å². The summed E-state index contributed by atoms with van der Waals surface area (Å²) in [7, 11) is 0. The van der Waals surface area contributed by atoms with Crippen molar-refractivity contribution in [2.45, 2.75) is 19.1 Å². The van der Waals surface area contributed by atoms with E-state index in [4.69, 9.17) is 4.74 Å². The molecule has 26 heavy (non-hydrogen) atoms. The molecule has 8 heteroatoms. The normalized spacial score (nSPS) is 15.9. The molecule has 142 valence electrons. The molecule has 0 saturated carbocycles. The molecule has 0 radical (unpaired) electrons. The third kappa shape index (κ3) is 7.41. The number of aromatic nitrogens is 1. The van der Waals surface area contributed by atoms with Crippen LogP contribution in [-0.4, -0.2) is 35.0 Å². The second-order valence-electron chi connectivity index (χ2n) is 5.62. The zero-order valence-electron chi connectivity index (χ0n) is 14.2. The molecule has 1 aliphatic heterocycles. The molecule has 2 N–H and O–H groups in total. The largest absolute Gasteiger partial charge is 0.487 e. The molecule has 1 amide bonds. The Labute approximate surface area is 170 Å². The minimum atomic E-state index is 0. The number of halogens is 2. The van der Waals surface area contributed by atoms with Gasteiger partial charge in [-0.1, -0.05) is 12.1 Å². The van der Waals surface area contributed by atoms with Crippen molar-refractivity contribution in [3.05, 3.63) is 54.4 Å². The van der Waals surface area contributed by atoms with E-state index >= 15 is 0 Å². The first-order valence-electron chi connectivity index (χ1n) is 8.03. The molecule has 1 atom stereocenters. The molecule has 0 aliphatic carbocycles. The lowest BCUT2D eigenvalue weighted by Crippen LogP contribution is -2.39. The number of nitrogens with zero attached hydrogens (tertiary/aromatic N) is 1. The Morgan fingerprint density at radius 1 is 1.27 bits per heavy atom. The molecule has 1 fully saturated rings. The van der Waals surface area contributed by atoms with Gasteiger partial charge in [-0.15, -0.1) is 24.8 Å². The lowest BCUT2D eigenvalue weighted by molar-refractivity contribution is -0.116. The van der Waals surface area contributed by atoms with E-state index in [1.54, 1.807) is 6.20 Å². The van der Waals surface area contributed by atoms with E-state index in [2.05, 4.69) is 15.6 Å². The van der Waals surface area contributed by atoms with Crippen LogP contribution in [-0.2, 0) is 11.4 Å². The number of thioether (sulfide) groups is 1. The summed E-state index contributed by atoms with van der Waals surface area (Å²) in [5.74, 6) is 2.84. The predicted molar refractivity (Wildman–Crippen MR) is 112 cm³/mol. The van der Waals surface area contributed by atoms with Crippen LogP contribution in [0.5, 0.6) is 5.75 Å². The van der Waals surface area contributed by atoms with Crippen LogP contribution in [0.2, 0.25) is 0 Å². The maximum atomic E-state index is 12.2. The second-order valence-corrected chi connectivity index (χ2v) is 6.77. The van der Waals surface area contributed by atoms with Crippen LogP contribution >= 0.6 is 36.6 Å². The Balaban J connectivity index is 0.00000169. The Hall–Kier alpha value is -1.47. The lowest BCUT2D eigenvalue weighted by Gasteiger charge is -2.22. The number of rotatable bonds is 6. The Bertz CT molecular complexity index is 670. The van der Waals surface area contributed by atoms with Crippen LogP contribution < -0.4 is 15.4 Å².